The first kappa shape index (κ1) is 10.2. The van der Waals surface area contributed by atoms with Crippen LogP contribution in [0.3, 0.4) is 0 Å². The van der Waals surface area contributed by atoms with E-state index < -0.39 is 0 Å². The molecule has 5 N–H and O–H groups in total. The van der Waals surface area contributed by atoms with Crippen molar-refractivity contribution < 1.29 is 10.1 Å². The molecule has 0 rings (SSSR count). The van der Waals surface area contributed by atoms with Gasteiger partial charge in [-0.1, -0.05) is 0 Å². The lowest BCUT2D eigenvalue weighted by Gasteiger charge is -2.01. The van der Waals surface area contributed by atoms with Crippen LogP contribution in [0.1, 0.15) is 19.3 Å². The van der Waals surface area contributed by atoms with Gasteiger partial charge in [0, 0.05) is 6.54 Å². The van der Waals surface area contributed by atoms with Crippen LogP contribution < -0.4 is 11.1 Å². The maximum Gasteiger partial charge on any atom is 0.185 e. The van der Waals surface area contributed by atoms with Gasteiger partial charge < -0.3 is 11.1 Å². The van der Waals surface area contributed by atoms with Gasteiger partial charge in [0.1, 0.15) is 0 Å². The molecule has 0 heterocycles. The zero-order chi connectivity index (χ0) is 8.53. The first-order valence-corrected chi connectivity index (χ1v) is 3.61. The minimum Gasteiger partial charge on any atom is -0.370 e. The Hall–Kier alpha value is -0.810. The largest absolute Gasteiger partial charge is 0.370 e. The molecule has 0 saturated carbocycles. The van der Waals surface area contributed by atoms with Crippen LogP contribution in [0.4, 0.5) is 0 Å². The maximum atomic E-state index is 7.94. The highest BCUT2D eigenvalue weighted by Crippen LogP contribution is 1.92. The summed E-state index contributed by atoms with van der Waals surface area (Å²) in [6, 6.07) is 0. The van der Waals surface area contributed by atoms with Gasteiger partial charge in [-0.2, -0.15) is 0 Å². The molecule has 5 nitrogen and oxygen atoms in total. The first-order chi connectivity index (χ1) is 5.27. The van der Waals surface area contributed by atoms with E-state index in [1.165, 1.54) is 0 Å². The van der Waals surface area contributed by atoms with E-state index in [1.807, 2.05) is 0 Å². The van der Waals surface area contributed by atoms with Crippen molar-refractivity contribution >= 4 is 5.96 Å². The summed E-state index contributed by atoms with van der Waals surface area (Å²) in [5.74, 6) is 0.00316. The number of hydrogen-bond donors (Lipinski definition) is 4. The van der Waals surface area contributed by atoms with Crippen LogP contribution in [-0.2, 0) is 4.89 Å². The number of nitrogens with one attached hydrogen (secondary N) is 2. The third-order valence-electron chi connectivity index (χ3n) is 1.23. The summed E-state index contributed by atoms with van der Waals surface area (Å²) in [5, 5.41) is 17.4. The molecule has 0 fully saturated rings. The van der Waals surface area contributed by atoms with Crippen molar-refractivity contribution in [2.24, 2.45) is 5.73 Å². The predicted octanol–water partition coefficient (Wildman–Crippen LogP) is 0.129. The Bertz CT molecular complexity index is 108. The summed E-state index contributed by atoms with van der Waals surface area (Å²) in [6.07, 6.45) is 2.72. The van der Waals surface area contributed by atoms with Crippen LogP contribution in [-0.4, -0.2) is 24.4 Å². The zero-order valence-electron chi connectivity index (χ0n) is 6.47. The van der Waals surface area contributed by atoms with Crippen molar-refractivity contribution in [2.45, 2.75) is 19.3 Å². The first-order valence-electron chi connectivity index (χ1n) is 3.61. The second kappa shape index (κ2) is 7.30. The van der Waals surface area contributed by atoms with Gasteiger partial charge in [0.2, 0.25) is 0 Å². The van der Waals surface area contributed by atoms with Crippen LogP contribution in [0.2, 0.25) is 0 Å². The Labute approximate surface area is 66.0 Å². The standard InChI is InChI=1S/C6H15N3O2/c7-6(8)9-4-2-1-3-5-11-10/h10H,1-5H2,(H4,7,8,9). The van der Waals surface area contributed by atoms with Crippen molar-refractivity contribution in [1.82, 2.24) is 5.32 Å². The summed E-state index contributed by atoms with van der Waals surface area (Å²) in [7, 11) is 0. The van der Waals surface area contributed by atoms with Gasteiger partial charge in [-0.25, -0.2) is 4.89 Å². The van der Waals surface area contributed by atoms with E-state index in [4.69, 9.17) is 16.4 Å². The summed E-state index contributed by atoms with van der Waals surface area (Å²) < 4.78 is 0. The van der Waals surface area contributed by atoms with Crippen LogP contribution in [0.25, 0.3) is 0 Å². The molecule has 0 spiro atoms. The fourth-order valence-corrected chi connectivity index (χ4v) is 0.691. The normalized spacial score (nSPS) is 9.55. The summed E-state index contributed by atoms with van der Waals surface area (Å²) >= 11 is 0. The lowest BCUT2D eigenvalue weighted by atomic mass is 10.2. The number of hydrogen-bond acceptors (Lipinski definition) is 3. The Morgan fingerprint density at radius 3 is 2.73 bits per heavy atom. The third kappa shape index (κ3) is 9.19. The van der Waals surface area contributed by atoms with Crippen molar-refractivity contribution in [3.8, 4) is 0 Å². The van der Waals surface area contributed by atoms with E-state index in [2.05, 4.69) is 10.2 Å². The van der Waals surface area contributed by atoms with E-state index in [9.17, 15) is 0 Å². The minimum atomic E-state index is 0.00316. The summed E-state index contributed by atoms with van der Waals surface area (Å²) in [4.78, 5) is 3.88. The lowest BCUT2D eigenvalue weighted by Crippen LogP contribution is -2.30. The molecule has 5 heteroatoms. The van der Waals surface area contributed by atoms with Gasteiger partial charge in [-0.15, -0.1) is 0 Å². The average molecular weight is 161 g/mol. The molecular weight excluding hydrogens is 146 g/mol. The third-order valence-corrected chi connectivity index (χ3v) is 1.23. The second-order valence-corrected chi connectivity index (χ2v) is 2.23. The number of nitrogens with two attached hydrogens (primary N) is 1. The average Bonchev–Trinajstić information content (AvgIpc) is 1.96. The monoisotopic (exact) mass is 161 g/mol. The van der Waals surface area contributed by atoms with Gasteiger partial charge in [-0.05, 0) is 19.3 Å². The van der Waals surface area contributed by atoms with E-state index >= 15 is 0 Å². The molecule has 0 aliphatic heterocycles. The molecule has 0 unspecified atom stereocenters. The smallest absolute Gasteiger partial charge is 0.185 e. The molecule has 0 aromatic carbocycles. The molecule has 0 aromatic rings. The molecule has 0 aliphatic rings. The van der Waals surface area contributed by atoms with Crippen molar-refractivity contribution in [1.29, 1.82) is 5.41 Å². The minimum absolute atomic E-state index is 0.00316. The van der Waals surface area contributed by atoms with E-state index in [-0.39, 0.29) is 5.96 Å². The number of rotatable bonds is 6. The maximum absolute atomic E-state index is 7.94. The number of unbranched alkanes of at least 4 members (excludes halogenated alkanes) is 2. The van der Waals surface area contributed by atoms with Crippen LogP contribution in [0, 0.1) is 5.41 Å². The van der Waals surface area contributed by atoms with Crippen LogP contribution in [0.15, 0.2) is 0 Å². The van der Waals surface area contributed by atoms with Gasteiger partial charge in [-0.3, -0.25) is 10.7 Å². The molecule has 0 aromatic heterocycles. The SMILES string of the molecule is N=C(N)NCCCCCOO. The molecule has 0 amide bonds. The summed E-state index contributed by atoms with van der Waals surface area (Å²) in [5.41, 5.74) is 5.04. The predicted molar refractivity (Wildman–Crippen MR) is 42.3 cm³/mol. The fourth-order valence-electron chi connectivity index (χ4n) is 0.691. The highest BCUT2D eigenvalue weighted by molar-refractivity contribution is 5.74. The number of guanidine groups is 1. The Balaban J connectivity index is 2.85. The van der Waals surface area contributed by atoms with E-state index in [0.29, 0.717) is 13.2 Å². The molecule has 0 aliphatic carbocycles. The van der Waals surface area contributed by atoms with Crippen LogP contribution >= 0.6 is 0 Å². The van der Waals surface area contributed by atoms with Crippen LogP contribution in [0.5, 0.6) is 0 Å². The van der Waals surface area contributed by atoms with Gasteiger partial charge in [0.25, 0.3) is 0 Å². The Kier molecular flexibility index (Phi) is 6.76. The topological polar surface area (TPSA) is 91.4 Å². The molecular formula is C6H15N3O2. The van der Waals surface area contributed by atoms with Gasteiger partial charge in [0.05, 0.1) is 6.61 Å². The lowest BCUT2D eigenvalue weighted by molar-refractivity contribution is -0.242. The van der Waals surface area contributed by atoms with Crippen molar-refractivity contribution in [2.75, 3.05) is 13.2 Å². The molecule has 66 valence electrons. The second-order valence-electron chi connectivity index (χ2n) is 2.23. The highest BCUT2D eigenvalue weighted by atomic mass is 17.1. The van der Waals surface area contributed by atoms with E-state index in [0.717, 1.165) is 19.3 Å². The van der Waals surface area contributed by atoms with E-state index in [1.54, 1.807) is 0 Å². The van der Waals surface area contributed by atoms with Crippen molar-refractivity contribution in [3.63, 3.8) is 0 Å². The molecule has 0 atom stereocenters. The Morgan fingerprint density at radius 2 is 2.18 bits per heavy atom. The quantitative estimate of drug-likeness (QED) is 0.146. The summed E-state index contributed by atoms with van der Waals surface area (Å²) in [6.45, 7) is 1.08. The zero-order valence-corrected chi connectivity index (χ0v) is 6.47. The molecule has 0 radical (unpaired) electrons. The molecule has 11 heavy (non-hydrogen) atoms. The Morgan fingerprint density at radius 1 is 1.45 bits per heavy atom. The molecule has 0 saturated heterocycles. The van der Waals surface area contributed by atoms with Crippen molar-refractivity contribution in [3.05, 3.63) is 0 Å². The highest BCUT2D eigenvalue weighted by Gasteiger charge is 1.89. The van der Waals surface area contributed by atoms with Gasteiger partial charge >= 0.3 is 0 Å². The fraction of sp³-hybridized carbons (Fsp3) is 0.833. The molecule has 0 bridgehead atoms. The van der Waals surface area contributed by atoms with Gasteiger partial charge in [0.15, 0.2) is 5.96 Å².